The van der Waals surface area contributed by atoms with Gasteiger partial charge in [0, 0.05) is 24.3 Å². The number of unbranched alkanes of at least 4 members (excludes halogenated alkanes) is 1. The Kier molecular flexibility index (Phi) is 4.41. The zero-order chi connectivity index (χ0) is 15.6. The van der Waals surface area contributed by atoms with Crippen molar-refractivity contribution in [2.45, 2.75) is 38.9 Å². The van der Waals surface area contributed by atoms with E-state index in [0.717, 1.165) is 49.3 Å². The van der Waals surface area contributed by atoms with Crippen molar-refractivity contribution in [1.82, 2.24) is 0 Å². The largest absolute Gasteiger partial charge is 0.385 e. The Morgan fingerprint density at radius 3 is 2.73 bits per heavy atom. The van der Waals surface area contributed by atoms with E-state index in [-0.39, 0.29) is 0 Å². The van der Waals surface area contributed by atoms with Crippen molar-refractivity contribution >= 4 is 11.4 Å². The van der Waals surface area contributed by atoms with E-state index < -0.39 is 5.79 Å². The third-order valence-corrected chi connectivity index (χ3v) is 4.36. The highest BCUT2D eigenvalue weighted by atomic mass is 16.7. The maximum absolute atomic E-state index is 6.12. The van der Waals surface area contributed by atoms with Crippen LogP contribution in [0.25, 0.3) is 0 Å². The topological polar surface area (TPSA) is 33.7 Å². The fourth-order valence-electron chi connectivity index (χ4n) is 3.25. The zero-order valence-electron chi connectivity index (χ0n) is 13.7. The summed E-state index contributed by atoms with van der Waals surface area (Å²) >= 11 is 0. The van der Waals surface area contributed by atoms with E-state index in [1.807, 2.05) is 0 Å². The second-order valence-electron chi connectivity index (χ2n) is 5.88. The van der Waals surface area contributed by atoms with Gasteiger partial charge in [-0.1, -0.05) is 19.9 Å². The van der Waals surface area contributed by atoms with Crippen molar-refractivity contribution in [3.63, 3.8) is 0 Å². The van der Waals surface area contributed by atoms with Crippen LogP contribution in [0, 0.1) is 0 Å². The molecule has 1 fully saturated rings. The average Bonchev–Trinajstić information content (AvgIpc) is 2.76. The first-order chi connectivity index (χ1) is 10.7. The molecule has 0 aromatic heterocycles. The van der Waals surface area contributed by atoms with E-state index in [2.05, 4.69) is 48.8 Å². The van der Waals surface area contributed by atoms with Crippen molar-refractivity contribution in [2.24, 2.45) is 0 Å². The smallest absolute Gasteiger partial charge is 0.239 e. The van der Waals surface area contributed by atoms with Crippen LogP contribution in [-0.2, 0) is 15.3 Å². The van der Waals surface area contributed by atoms with Gasteiger partial charge in [-0.15, -0.1) is 0 Å². The summed E-state index contributed by atoms with van der Waals surface area (Å²) < 4.78 is 12.2. The summed E-state index contributed by atoms with van der Waals surface area (Å²) in [6.45, 7) is 11.9. The number of anilines is 2. The van der Waals surface area contributed by atoms with Crippen molar-refractivity contribution in [2.75, 3.05) is 36.5 Å². The minimum Gasteiger partial charge on any atom is -0.385 e. The highest BCUT2D eigenvalue weighted by Gasteiger charge is 2.50. The van der Waals surface area contributed by atoms with Crippen LogP contribution < -0.4 is 10.2 Å². The summed E-state index contributed by atoms with van der Waals surface area (Å²) in [5.74, 6) is -0.785. The standard InChI is InChI=1S/C18H26N2O2/c1-4-6-10-20-14(3)18(21-11-7-12-22-18)16-13-15(19-5-2)8-9-17(16)20/h8-9,13,19H,3-7,10-12H2,1-2H3. The Bertz CT molecular complexity index is 550. The lowest BCUT2D eigenvalue weighted by atomic mass is 10.0. The monoisotopic (exact) mass is 302 g/mol. The van der Waals surface area contributed by atoms with Crippen LogP contribution in [0.15, 0.2) is 30.5 Å². The van der Waals surface area contributed by atoms with E-state index in [4.69, 9.17) is 9.47 Å². The molecule has 0 aliphatic carbocycles. The van der Waals surface area contributed by atoms with Gasteiger partial charge >= 0.3 is 0 Å². The Balaban J connectivity index is 2.02. The Hall–Kier alpha value is -1.52. The van der Waals surface area contributed by atoms with Crippen molar-refractivity contribution in [3.05, 3.63) is 36.0 Å². The van der Waals surface area contributed by atoms with E-state index in [1.165, 1.54) is 5.69 Å². The van der Waals surface area contributed by atoms with Gasteiger partial charge < -0.3 is 19.7 Å². The van der Waals surface area contributed by atoms with Crippen molar-refractivity contribution < 1.29 is 9.47 Å². The second-order valence-corrected chi connectivity index (χ2v) is 5.88. The molecular formula is C18H26N2O2. The molecule has 2 aliphatic heterocycles. The highest BCUT2D eigenvalue weighted by Crippen LogP contribution is 2.51. The molecule has 4 heteroatoms. The van der Waals surface area contributed by atoms with Crippen LogP contribution in [-0.4, -0.2) is 26.3 Å². The van der Waals surface area contributed by atoms with Gasteiger partial charge in [0.25, 0.3) is 0 Å². The van der Waals surface area contributed by atoms with Crippen LogP contribution >= 0.6 is 0 Å². The second kappa shape index (κ2) is 6.31. The van der Waals surface area contributed by atoms with Crippen LogP contribution in [0.5, 0.6) is 0 Å². The van der Waals surface area contributed by atoms with Gasteiger partial charge in [0.05, 0.1) is 24.6 Å². The fraction of sp³-hybridized carbons (Fsp3) is 0.556. The average molecular weight is 302 g/mol. The number of nitrogens with zero attached hydrogens (tertiary/aromatic N) is 1. The molecule has 1 saturated heterocycles. The van der Waals surface area contributed by atoms with E-state index in [0.29, 0.717) is 13.2 Å². The number of hydrogen-bond donors (Lipinski definition) is 1. The molecule has 0 unspecified atom stereocenters. The SMILES string of the molecule is C=C1N(CCCC)c2ccc(NCC)cc2C12OCCCO2. The molecule has 0 saturated carbocycles. The molecule has 2 heterocycles. The Morgan fingerprint density at radius 2 is 2.05 bits per heavy atom. The predicted molar refractivity (Wildman–Crippen MR) is 90.2 cm³/mol. The van der Waals surface area contributed by atoms with E-state index in [1.54, 1.807) is 0 Å². The van der Waals surface area contributed by atoms with Gasteiger partial charge in [-0.05, 0) is 38.0 Å². The molecule has 0 radical (unpaired) electrons. The molecule has 1 aromatic rings. The van der Waals surface area contributed by atoms with Gasteiger partial charge in [-0.25, -0.2) is 0 Å². The molecular weight excluding hydrogens is 276 g/mol. The Labute approximate surface area is 133 Å². The van der Waals surface area contributed by atoms with Gasteiger partial charge in [0.1, 0.15) is 0 Å². The first kappa shape index (κ1) is 15.4. The van der Waals surface area contributed by atoms with Gasteiger partial charge in [0.2, 0.25) is 5.79 Å². The molecule has 2 aliphatic rings. The van der Waals surface area contributed by atoms with Crippen LogP contribution in [0.1, 0.15) is 38.7 Å². The van der Waals surface area contributed by atoms with Gasteiger partial charge in [-0.2, -0.15) is 0 Å². The molecule has 1 N–H and O–H groups in total. The third-order valence-electron chi connectivity index (χ3n) is 4.36. The lowest BCUT2D eigenvalue weighted by Gasteiger charge is -2.36. The van der Waals surface area contributed by atoms with Crippen LogP contribution in [0.3, 0.4) is 0 Å². The molecule has 22 heavy (non-hydrogen) atoms. The Morgan fingerprint density at radius 1 is 1.27 bits per heavy atom. The van der Waals surface area contributed by atoms with Crippen molar-refractivity contribution in [3.8, 4) is 0 Å². The molecule has 1 spiro atoms. The minimum atomic E-state index is -0.785. The maximum Gasteiger partial charge on any atom is 0.239 e. The summed E-state index contributed by atoms with van der Waals surface area (Å²) in [5, 5.41) is 3.37. The van der Waals surface area contributed by atoms with E-state index >= 15 is 0 Å². The molecule has 1 aromatic carbocycles. The number of rotatable bonds is 5. The molecule has 4 nitrogen and oxygen atoms in total. The quantitative estimate of drug-likeness (QED) is 0.896. The summed E-state index contributed by atoms with van der Waals surface area (Å²) in [4.78, 5) is 2.26. The predicted octanol–water partition coefficient (Wildman–Crippen LogP) is 3.84. The number of ether oxygens (including phenoxy) is 2. The maximum atomic E-state index is 6.12. The van der Waals surface area contributed by atoms with Crippen molar-refractivity contribution in [1.29, 1.82) is 0 Å². The number of fused-ring (bicyclic) bond motifs is 2. The van der Waals surface area contributed by atoms with E-state index in [9.17, 15) is 0 Å². The minimum absolute atomic E-state index is 0.714. The summed E-state index contributed by atoms with van der Waals surface area (Å²) in [7, 11) is 0. The highest BCUT2D eigenvalue weighted by molar-refractivity contribution is 5.72. The van der Waals surface area contributed by atoms with Crippen LogP contribution in [0.4, 0.5) is 11.4 Å². The van der Waals surface area contributed by atoms with Crippen LogP contribution in [0.2, 0.25) is 0 Å². The first-order valence-corrected chi connectivity index (χ1v) is 8.36. The third kappa shape index (κ3) is 2.40. The fourth-order valence-corrected chi connectivity index (χ4v) is 3.25. The molecule has 0 bridgehead atoms. The molecule has 0 atom stereocenters. The molecule has 120 valence electrons. The number of benzene rings is 1. The lowest BCUT2D eigenvalue weighted by Crippen LogP contribution is -2.40. The number of nitrogens with one attached hydrogen (secondary N) is 1. The lowest BCUT2D eigenvalue weighted by molar-refractivity contribution is -0.248. The normalized spacial score (nSPS) is 19.5. The number of hydrogen-bond acceptors (Lipinski definition) is 4. The first-order valence-electron chi connectivity index (χ1n) is 8.36. The van der Waals surface area contributed by atoms with Gasteiger partial charge in [0.15, 0.2) is 0 Å². The molecule has 0 amide bonds. The summed E-state index contributed by atoms with van der Waals surface area (Å²) in [6.07, 6.45) is 3.22. The summed E-state index contributed by atoms with van der Waals surface area (Å²) in [6, 6.07) is 6.43. The van der Waals surface area contributed by atoms with Gasteiger partial charge in [-0.3, -0.25) is 0 Å². The zero-order valence-corrected chi connectivity index (χ0v) is 13.7. The molecule has 3 rings (SSSR count). The summed E-state index contributed by atoms with van der Waals surface area (Å²) in [5.41, 5.74) is 4.28.